The second-order valence-electron chi connectivity index (χ2n) is 4.51. The SMILES string of the molecule is CNC(c1cccc(Br)c1)c1cc(OC)c(OC)cc1F. The lowest BCUT2D eigenvalue weighted by Crippen LogP contribution is -2.19. The van der Waals surface area contributed by atoms with Crippen molar-refractivity contribution in [2.75, 3.05) is 21.3 Å². The highest BCUT2D eigenvalue weighted by Crippen LogP contribution is 2.34. The molecule has 0 radical (unpaired) electrons. The fourth-order valence-electron chi connectivity index (χ4n) is 2.28. The van der Waals surface area contributed by atoms with Crippen molar-refractivity contribution >= 4 is 15.9 Å². The number of nitrogens with one attached hydrogen (secondary N) is 1. The first-order valence-electron chi connectivity index (χ1n) is 6.44. The molecule has 2 rings (SSSR count). The normalized spacial score (nSPS) is 12.0. The molecule has 1 unspecified atom stereocenters. The minimum Gasteiger partial charge on any atom is -0.493 e. The van der Waals surface area contributed by atoms with Crippen LogP contribution in [0.3, 0.4) is 0 Å². The van der Waals surface area contributed by atoms with Gasteiger partial charge in [-0.3, -0.25) is 0 Å². The zero-order valence-corrected chi connectivity index (χ0v) is 13.7. The van der Waals surface area contributed by atoms with Gasteiger partial charge in [0.05, 0.1) is 20.3 Å². The van der Waals surface area contributed by atoms with Crippen molar-refractivity contribution in [1.82, 2.24) is 5.32 Å². The Morgan fingerprint density at radius 2 is 1.76 bits per heavy atom. The van der Waals surface area contributed by atoms with Crippen molar-refractivity contribution in [3.05, 3.63) is 57.8 Å². The maximum absolute atomic E-state index is 14.4. The van der Waals surface area contributed by atoms with Crippen LogP contribution in [0.4, 0.5) is 4.39 Å². The van der Waals surface area contributed by atoms with Crippen LogP contribution in [-0.4, -0.2) is 21.3 Å². The zero-order chi connectivity index (χ0) is 15.4. The molecule has 0 aromatic heterocycles. The van der Waals surface area contributed by atoms with E-state index in [1.807, 2.05) is 24.3 Å². The van der Waals surface area contributed by atoms with Crippen LogP contribution in [0.2, 0.25) is 0 Å². The van der Waals surface area contributed by atoms with E-state index >= 15 is 0 Å². The van der Waals surface area contributed by atoms with Crippen molar-refractivity contribution < 1.29 is 13.9 Å². The third kappa shape index (κ3) is 3.36. The third-order valence-electron chi connectivity index (χ3n) is 3.28. The van der Waals surface area contributed by atoms with Gasteiger partial charge in [0.1, 0.15) is 5.82 Å². The van der Waals surface area contributed by atoms with Gasteiger partial charge in [-0.2, -0.15) is 0 Å². The lowest BCUT2D eigenvalue weighted by atomic mass is 9.98. The van der Waals surface area contributed by atoms with E-state index in [1.54, 1.807) is 13.1 Å². The predicted octanol–water partition coefficient (Wildman–Crippen LogP) is 3.91. The van der Waals surface area contributed by atoms with Gasteiger partial charge in [-0.15, -0.1) is 0 Å². The topological polar surface area (TPSA) is 30.5 Å². The number of rotatable bonds is 5. The Hall–Kier alpha value is -1.59. The van der Waals surface area contributed by atoms with Crippen LogP contribution in [-0.2, 0) is 0 Å². The molecule has 0 bridgehead atoms. The molecular formula is C16H17BrFNO2. The van der Waals surface area contributed by atoms with Crippen molar-refractivity contribution in [3.63, 3.8) is 0 Å². The zero-order valence-electron chi connectivity index (χ0n) is 12.1. The minimum atomic E-state index is -0.341. The van der Waals surface area contributed by atoms with Gasteiger partial charge in [-0.25, -0.2) is 4.39 Å². The molecule has 1 N–H and O–H groups in total. The Kier molecular flexibility index (Phi) is 5.20. The maximum atomic E-state index is 14.4. The summed E-state index contributed by atoms with van der Waals surface area (Å²) in [5.41, 5.74) is 1.46. The summed E-state index contributed by atoms with van der Waals surface area (Å²) in [4.78, 5) is 0. The lowest BCUT2D eigenvalue weighted by molar-refractivity contribution is 0.351. The number of hydrogen-bond acceptors (Lipinski definition) is 3. The van der Waals surface area contributed by atoms with Gasteiger partial charge >= 0.3 is 0 Å². The summed E-state index contributed by atoms with van der Waals surface area (Å²) < 4.78 is 25.7. The minimum absolute atomic E-state index is 0.276. The molecule has 21 heavy (non-hydrogen) atoms. The highest BCUT2D eigenvalue weighted by atomic mass is 79.9. The van der Waals surface area contributed by atoms with Crippen LogP contribution in [0.15, 0.2) is 40.9 Å². The molecule has 0 heterocycles. The van der Waals surface area contributed by atoms with Crippen LogP contribution in [0, 0.1) is 5.82 Å². The Balaban J connectivity index is 2.52. The summed E-state index contributed by atoms with van der Waals surface area (Å²) in [5.74, 6) is 0.541. The van der Waals surface area contributed by atoms with E-state index < -0.39 is 0 Å². The van der Waals surface area contributed by atoms with Crippen LogP contribution >= 0.6 is 15.9 Å². The van der Waals surface area contributed by atoms with Gasteiger partial charge in [0.15, 0.2) is 11.5 Å². The molecular weight excluding hydrogens is 337 g/mol. The highest BCUT2D eigenvalue weighted by Gasteiger charge is 2.20. The number of benzene rings is 2. The maximum Gasteiger partial charge on any atom is 0.163 e. The Labute approximate surface area is 132 Å². The second-order valence-corrected chi connectivity index (χ2v) is 5.42. The summed E-state index contributed by atoms with van der Waals surface area (Å²) in [7, 11) is 4.82. The van der Waals surface area contributed by atoms with E-state index in [-0.39, 0.29) is 11.9 Å². The van der Waals surface area contributed by atoms with Gasteiger partial charge < -0.3 is 14.8 Å². The summed E-state index contributed by atoms with van der Waals surface area (Å²) in [6.07, 6.45) is 0. The van der Waals surface area contributed by atoms with Gasteiger partial charge in [-0.05, 0) is 30.8 Å². The molecule has 112 valence electrons. The second kappa shape index (κ2) is 6.91. The smallest absolute Gasteiger partial charge is 0.163 e. The van der Waals surface area contributed by atoms with Crippen molar-refractivity contribution in [2.45, 2.75) is 6.04 Å². The molecule has 0 aliphatic carbocycles. The molecule has 0 saturated carbocycles. The van der Waals surface area contributed by atoms with E-state index in [4.69, 9.17) is 9.47 Å². The molecule has 0 aliphatic heterocycles. The van der Waals surface area contributed by atoms with Crippen LogP contribution in [0.5, 0.6) is 11.5 Å². The number of halogens is 2. The highest BCUT2D eigenvalue weighted by molar-refractivity contribution is 9.10. The molecule has 5 heteroatoms. The van der Waals surface area contributed by atoms with Gasteiger partial charge in [0, 0.05) is 16.1 Å². The molecule has 0 aliphatic rings. The van der Waals surface area contributed by atoms with E-state index in [0.29, 0.717) is 17.1 Å². The molecule has 0 spiro atoms. The van der Waals surface area contributed by atoms with Crippen LogP contribution < -0.4 is 14.8 Å². The van der Waals surface area contributed by atoms with E-state index in [2.05, 4.69) is 21.2 Å². The molecule has 0 amide bonds. The summed E-state index contributed by atoms with van der Waals surface area (Å²) in [6.45, 7) is 0. The molecule has 3 nitrogen and oxygen atoms in total. The largest absolute Gasteiger partial charge is 0.493 e. The van der Waals surface area contributed by atoms with Crippen molar-refractivity contribution in [1.29, 1.82) is 0 Å². The monoisotopic (exact) mass is 353 g/mol. The molecule has 1 atom stereocenters. The standard InChI is InChI=1S/C16H17BrFNO2/c1-19-16(10-5-4-6-11(17)7-10)12-8-14(20-2)15(21-3)9-13(12)18/h4-9,16,19H,1-3H3. The third-order valence-corrected chi connectivity index (χ3v) is 3.78. The fourth-order valence-corrected chi connectivity index (χ4v) is 2.70. The molecule has 0 saturated heterocycles. The van der Waals surface area contributed by atoms with Crippen molar-refractivity contribution in [2.24, 2.45) is 0 Å². The first-order valence-corrected chi connectivity index (χ1v) is 7.24. The summed E-state index contributed by atoms with van der Waals surface area (Å²) >= 11 is 3.44. The summed E-state index contributed by atoms with van der Waals surface area (Å²) in [6, 6.07) is 10.5. The predicted molar refractivity (Wildman–Crippen MR) is 84.5 cm³/mol. The average molecular weight is 354 g/mol. The lowest BCUT2D eigenvalue weighted by Gasteiger charge is -2.20. The van der Waals surface area contributed by atoms with Gasteiger partial charge in [0.25, 0.3) is 0 Å². The van der Waals surface area contributed by atoms with E-state index in [0.717, 1.165) is 10.0 Å². The quantitative estimate of drug-likeness (QED) is 0.883. The Bertz CT molecular complexity index is 634. The average Bonchev–Trinajstić information content (AvgIpc) is 2.49. The number of methoxy groups -OCH3 is 2. The fraction of sp³-hybridized carbons (Fsp3) is 0.250. The number of ether oxygens (including phenoxy) is 2. The first-order chi connectivity index (χ1) is 10.1. The van der Waals surface area contributed by atoms with Crippen LogP contribution in [0.1, 0.15) is 17.2 Å². The van der Waals surface area contributed by atoms with Gasteiger partial charge in [-0.1, -0.05) is 28.1 Å². The van der Waals surface area contributed by atoms with E-state index in [1.165, 1.54) is 20.3 Å². The summed E-state index contributed by atoms with van der Waals surface area (Å²) in [5, 5.41) is 3.13. The van der Waals surface area contributed by atoms with Gasteiger partial charge in [0.2, 0.25) is 0 Å². The number of hydrogen-bond donors (Lipinski definition) is 1. The van der Waals surface area contributed by atoms with Crippen molar-refractivity contribution in [3.8, 4) is 11.5 Å². The molecule has 0 fully saturated rings. The van der Waals surface area contributed by atoms with Crippen LogP contribution in [0.25, 0.3) is 0 Å². The molecule has 2 aromatic rings. The molecule has 2 aromatic carbocycles. The van der Waals surface area contributed by atoms with E-state index in [9.17, 15) is 4.39 Å². The Morgan fingerprint density at radius 3 is 2.33 bits per heavy atom. The first kappa shape index (κ1) is 15.8. The Morgan fingerprint density at radius 1 is 1.10 bits per heavy atom.